The van der Waals surface area contributed by atoms with E-state index >= 15 is 0 Å². The van der Waals surface area contributed by atoms with Crippen molar-refractivity contribution in [2.45, 2.75) is 77.5 Å². The number of rotatable bonds is 15. The minimum atomic E-state index is -1.15. The van der Waals surface area contributed by atoms with Crippen molar-refractivity contribution in [1.82, 2.24) is 20.9 Å². The molecule has 3 aromatic rings. The van der Waals surface area contributed by atoms with Crippen molar-refractivity contribution in [3.8, 4) is 0 Å². The fourth-order valence-electron chi connectivity index (χ4n) is 4.81. The van der Waals surface area contributed by atoms with Crippen molar-refractivity contribution in [2.75, 3.05) is 0 Å². The first kappa shape index (κ1) is 32.3. The van der Waals surface area contributed by atoms with Gasteiger partial charge in [-0.05, 0) is 35.4 Å². The number of carboxylic acid groups (broad SMARTS) is 1. The van der Waals surface area contributed by atoms with Gasteiger partial charge in [0, 0.05) is 29.9 Å². The summed E-state index contributed by atoms with van der Waals surface area (Å²) in [6.45, 7) is 7.54. The molecule has 1 aromatic heterocycles. The second-order valence-corrected chi connectivity index (χ2v) is 11.3. The predicted molar refractivity (Wildman–Crippen MR) is 162 cm³/mol. The number of hydrogen-bond acceptors (Lipinski definition) is 5. The summed E-state index contributed by atoms with van der Waals surface area (Å²) in [6.07, 6.45) is 3.00. The number of hydrogen-bond donors (Lipinski definition) is 6. The summed E-state index contributed by atoms with van der Waals surface area (Å²) in [5, 5.41) is 18.8. The van der Waals surface area contributed by atoms with Gasteiger partial charge in [-0.25, -0.2) is 4.79 Å². The molecule has 7 N–H and O–H groups in total. The van der Waals surface area contributed by atoms with Crippen molar-refractivity contribution >= 4 is 34.6 Å². The normalized spacial score (nSPS) is 14.9. The van der Waals surface area contributed by atoms with Crippen molar-refractivity contribution in [1.29, 1.82) is 0 Å². The zero-order valence-electron chi connectivity index (χ0n) is 24.7. The number of H-pyrrole nitrogens is 1. The van der Waals surface area contributed by atoms with Gasteiger partial charge >= 0.3 is 5.97 Å². The van der Waals surface area contributed by atoms with Crippen LogP contribution in [0.3, 0.4) is 0 Å². The molecule has 10 nitrogen and oxygen atoms in total. The molecule has 0 saturated carbocycles. The van der Waals surface area contributed by atoms with E-state index in [0.29, 0.717) is 6.42 Å². The van der Waals surface area contributed by atoms with Crippen molar-refractivity contribution in [2.24, 2.45) is 17.6 Å². The van der Waals surface area contributed by atoms with Gasteiger partial charge < -0.3 is 31.8 Å². The van der Waals surface area contributed by atoms with Crippen LogP contribution in [0.1, 0.15) is 51.7 Å². The highest BCUT2D eigenvalue weighted by atomic mass is 16.4. The molecule has 0 aliphatic carbocycles. The van der Waals surface area contributed by atoms with E-state index in [4.69, 9.17) is 5.73 Å². The van der Waals surface area contributed by atoms with Crippen LogP contribution >= 0.6 is 0 Å². The Hall–Kier alpha value is -4.18. The van der Waals surface area contributed by atoms with Crippen LogP contribution in [0.15, 0.2) is 60.8 Å². The van der Waals surface area contributed by atoms with Crippen LogP contribution in [-0.2, 0) is 32.0 Å². The maximum atomic E-state index is 13.8. The van der Waals surface area contributed by atoms with Gasteiger partial charge in [0.25, 0.3) is 0 Å². The second-order valence-electron chi connectivity index (χ2n) is 11.3. The Labute approximate surface area is 246 Å². The first-order valence-electron chi connectivity index (χ1n) is 14.5. The Bertz CT molecular complexity index is 1360. The highest BCUT2D eigenvalue weighted by Crippen LogP contribution is 2.20. The van der Waals surface area contributed by atoms with Gasteiger partial charge in [-0.3, -0.25) is 14.4 Å². The molecule has 0 aliphatic rings. The van der Waals surface area contributed by atoms with Crippen molar-refractivity contribution in [3.05, 3.63) is 71.9 Å². The lowest BCUT2D eigenvalue weighted by atomic mass is 9.97. The Balaban J connectivity index is 1.90. The molecule has 5 unspecified atom stereocenters. The Morgan fingerprint density at radius 2 is 1.38 bits per heavy atom. The van der Waals surface area contributed by atoms with E-state index in [2.05, 4.69) is 20.9 Å². The number of nitrogens with two attached hydrogens (primary N) is 1. The SMILES string of the molecule is CCC(C)C(N)C(=O)NC(Cc1c[nH]c2ccccc12)C(=O)NC(Cc1ccccc1)C(=O)NC(CC(C)C)C(=O)O. The third-order valence-corrected chi connectivity index (χ3v) is 7.53. The molecule has 10 heteroatoms. The Morgan fingerprint density at radius 3 is 2.00 bits per heavy atom. The zero-order chi connectivity index (χ0) is 30.8. The summed E-state index contributed by atoms with van der Waals surface area (Å²) < 4.78 is 0. The minimum Gasteiger partial charge on any atom is -0.480 e. The first-order valence-corrected chi connectivity index (χ1v) is 14.5. The lowest BCUT2D eigenvalue weighted by Crippen LogP contribution is -2.58. The van der Waals surface area contributed by atoms with Crippen LogP contribution in [-0.4, -0.2) is 57.9 Å². The maximum Gasteiger partial charge on any atom is 0.326 e. The number of amides is 3. The number of para-hydroxylation sites is 1. The zero-order valence-corrected chi connectivity index (χ0v) is 24.7. The van der Waals surface area contributed by atoms with E-state index in [0.717, 1.165) is 22.0 Å². The van der Waals surface area contributed by atoms with Gasteiger partial charge in [-0.2, -0.15) is 0 Å². The van der Waals surface area contributed by atoms with Gasteiger partial charge in [0.2, 0.25) is 17.7 Å². The van der Waals surface area contributed by atoms with Crippen LogP contribution in [0.5, 0.6) is 0 Å². The average molecular weight is 578 g/mol. The van der Waals surface area contributed by atoms with Gasteiger partial charge in [0.05, 0.1) is 6.04 Å². The molecule has 0 radical (unpaired) electrons. The summed E-state index contributed by atoms with van der Waals surface area (Å²) in [6, 6.07) is 12.7. The molecule has 226 valence electrons. The van der Waals surface area contributed by atoms with Gasteiger partial charge in [-0.1, -0.05) is 82.6 Å². The van der Waals surface area contributed by atoms with Gasteiger partial charge in [0.1, 0.15) is 18.1 Å². The molecule has 5 atom stereocenters. The van der Waals surface area contributed by atoms with Crippen LogP contribution < -0.4 is 21.7 Å². The highest BCUT2D eigenvalue weighted by molar-refractivity contribution is 5.95. The smallest absolute Gasteiger partial charge is 0.326 e. The monoisotopic (exact) mass is 577 g/mol. The number of carbonyl (C=O) groups excluding carboxylic acids is 3. The summed E-state index contributed by atoms with van der Waals surface area (Å²) in [4.78, 5) is 55.5. The molecular formula is C32H43N5O5. The summed E-state index contributed by atoms with van der Waals surface area (Å²) >= 11 is 0. The number of carbonyl (C=O) groups is 4. The van der Waals surface area contributed by atoms with Crippen molar-refractivity contribution < 1.29 is 24.3 Å². The average Bonchev–Trinajstić information content (AvgIpc) is 3.38. The van der Waals surface area contributed by atoms with E-state index < -0.39 is 47.9 Å². The molecular weight excluding hydrogens is 534 g/mol. The van der Waals surface area contributed by atoms with E-state index in [1.54, 1.807) is 6.20 Å². The molecule has 0 saturated heterocycles. The number of aliphatic carboxylic acids is 1. The topological polar surface area (TPSA) is 166 Å². The van der Waals surface area contributed by atoms with E-state index in [1.807, 2.05) is 82.3 Å². The lowest BCUT2D eigenvalue weighted by molar-refractivity contribution is -0.142. The van der Waals surface area contributed by atoms with E-state index in [1.165, 1.54) is 0 Å². The fourth-order valence-corrected chi connectivity index (χ4v) is 4.81. The summed E-state index contributed by atoms with van der Waals surface area (Å²) in [7, 11) is 0. The Kier molecular flexibility index (Phi) is 11.7. The van der Waals surface area contributed by atoms with E-state index in [-0.39, 0.29) is 31.1 Å². The fraction of sp³-hybridized carbons (Fsp3) is 0.438. The molecule has 1 heterocycles. The molecule has 0 aliphatic heterocycles. The molecule has 0 spiro atoms. The number of aromatic amines is 1. The van der Waals surface area contributed by atoms with Gasteiger partial charge in [-0.15, -0.1) is 0 Å². The molecule has 42 heavy (non-hydrogen) atoms. The van der Waals surface area contributed by atoms with Crippen LogP contribution in [0.4, 0.5) is 0 Å². The lowest BCUT2D eigenvalue weighted by Gasteiger charge is -2.26. The van der Waals surface area contributed by atoms with E-state index in [9.17, 15) is 24.3 Å². The van der Waals surface area contributed by atoms with Crippen LogP contribution in [0.2, 0.25) is 0 Å². The molecule has 3 rings (SSSR count). The van der Waals surface area contributed by atoms with Crippen LogP contribution in [0.25, 0.3) is 10.9 Å². The number of nitrogens with one attached hydrogen (secondary N) is 4. The molecule has 0 bridgehead atoms. The molecule has 2 aromatic carbocycles. The third-order valence-electron chi connectivity index (χ3n) is 7.53. The third kappa shape index (κ3) is 8.91. The number of carboxylic acids is 1. The quantitative estimate of drug-likeness (QED) is 0.162. The minimum absolute atomic E-state index is 0.0269. The molecule has 3 amide bonds. The number of benzene rings is 2. The number of fused-ring (bicyclic) bond motifs is 1. The highest BCUT2D eigenvalue weighted by Gasteiger charge is 2.32. The second kappa shape index (κ2) is 15.2. The predicted octanol–water partition coefficient (Wildman–Crippen LogP) is 2.91. The van der Waals surface area contributed by atoms with Crippen LogP contribution in [0, 0.1) is 11.8 Å². The maximum absolute atomic E-state index is 13.8. The first-order chi connectivity index (χ1) is 20.0. The van der Waals surface area contributed by atoms with Crippen molar-refractivity contribution in [3.63, 3.8) is 0 Å². The molecule has 0 fully saturated rings. The standard InChI is InChI=1S/C32H43N5O5/c1-5-20(4)28(33)31(40)36-26(17-22-18-34-24-14-10-9-13-23(22)24)30(39)35-25(16-21-11-7-6-8-12-21)29(38)37-27(32(41)42)15-19(2)3/h6-14,18-20,25-28,34H,5,15-17,33H2,1-4H3,(H,35,39)(H,36,40)(H,37,38)(H,41,42). The summed E-state index contributed by atoms with van der Waals surface area (Å²) in [5.41, 5.74) is 8.67. The van der Waals surface area contributed by atoms with Gasteiger partial charge in [0.15, 0.2) is 0 Å². The largest absolute Gasteiger partial charge is 0.480 e. The number of aromatic nitrogens is 1. The summed E-state index contributed by atoms with van der Waals surface area (Å²) in [5.74, 6) is -2.88. The Morgan fingerprint density at radius 1 is 0.810 bits per heavy atom.